The quantitative estimate of drug-likeness (QED) is 0.193. The molecule has 8 aliphatic rings. The molecule has 4 aliphatic heterocycles. The van der Waals surface area contributed by atoms with Crippen LogP contribution < -0.4 is 0 Å². The van der Waals surface area contributed by atoms with Gasteiger partial charge < -0.3 is 64.2 Å². The van der Waals surface area contributed by atoms with E-state index in [1.807, 2.05) is 0 Å². The molecule has 0 amide bonds. The summed E-state index contributed by atoms with van der Waals surface area (Å²) in [6.07, 6.45) is -3.06. The number of fused-ring (bicyclic) bond motifs is 7. The van der Waals surface area contributed by atoms with Crippen molar-refractivity contribution in [1.82, 2.24) is 0 Å². The number of ether oxygens (including phenoxy) is 6. The zero-order chi connectivity index (χ0) is 36.9. The Labute approximate surface area is 306 Å². The van der Waals surface area contributed by atoms with Gasteiger partial charge in [0.2, 0.25) is 0 Å². The first-order valence-electron chi connectivity index (χ1n) is 20.0. The molecule has 4 aliphatic carbocycles. The van der Waals surface area contributed by atoms with E-state index < -0.39 is 80.4 Å². The first kappa shape index (κ1) is 38.1. The highest BCUT2D eigenvalue weighted by Gasteiger charge is 2.68. The predicted octanol–water partition coefficient (Wildman–Crippen LogP) is 1.36. The molecule has 0 aromatic rings. The summed E-state index contributed by atoms with van der Waals surface area (Å²) in [5.74, 6) is 2.92. The molecule has 0 unspecified atom stereocenters. The van der Waals surface area contributed by atoms with Crippen LogP contribution >= 0.6 is 0 Å². The van der Waals surface area contributed by atoms with E-state index in [1.54, 1.807) is 0 Å². The fourth-order valence-corrected chi connectivity index (χ4v) is 12.6. The third-order valence-corrected chi connectivity index (χ3v) is 15.6. The van der Waals surface area contributed by atoms with E-state index in [2.05, 4.69) is 33.8 Å². The van der Waals surface area contributed by atoms with Gasteiger partial charge in [0.15, 0.2) is 18.4 Å². The average Bonchev–Trinajstić information content (AvgIpc) is 3.58. The fourth-order valence-electron chi connectivity index (χ4n) is 12.6. The maximum absolute atomic E-state index is 11.1. The van der Waals surface area contributed by atoms with Crippen molar-refractivity contribution < 1.29 is 64.2 Å². The Morgan fingerprint density at radius 1 is 0.788 bits per heavy atom. The standard InChI is InChI=1S/C39H62O13/c1-18-7-12-39(47-17-18)19(2)28-25(52-39)14-24-22-6-5-20-13-21(8-10-37(20,3)23(22)9-11-38(24,28)4)48-35-33(46)31(44)34(27(16-41)50-35)51-36-32(45)30(43)29(42)26(15-40)49-36/h5,18-19,21-36,40-46H,6-17H2,1-4H3/t18-,19-,21-,22+,23-,24+,25-,26+,27+,28-,29+,30-,31+,32+,33+,34+,35+,36-,37-,38-,39+/m0/s1. The second-order valence-electron chi connectivity index (χ2n) is 18.3. The summed E-state index contributed by atoms with van der Waals surface area (Å²) in [4.78, 5) is 0. The van der Waals surface area contributed by atoms with Gasteiger partial charge in [0.25, 0.3) is 0 Å². The summed E-state index contributed by atoms with van der Waals surface area (Å²) < 4.78 is 36.9. The van der Waals surface area contributed by atoms with Gasteiger partial charge in [-0.2, -0.15) is 0 Å². The molecule has 0 radical (unpaired) electrons. The Morgan fingerprint density at radius 3 is 2.21 bits per heavy atom. The molecule has 7 N–H and O–H groups in total. The summed E-state index contributed by atoms with van der Waals surface area (Å²) >= 11 is 0. The highest BCUT2D eigenvalue weighted by atomic mass is 16.7. The molecule has 1 spiro atoms. The van der Waals surface area contributed by atoms with Gasteiger partial charge >= 0.3 is 0 Å². The Hall–Kier alpha value is -0.780. The Balaban J connectivity index is 0.913. The molecular formula is C39H62O13. The van der Waals surface area contributed by atoms with Gasteiger partial charge in [0, 0.05) is 12.3 Å². The van der Waals surface area contributed by atoms with Crippen LogP contribution in [-0.4, -0.2) is 135 Å². The number of aliphatic hydroxyl groups is 7. The molecular weight excluding hydrogens is 676 g/mol. The van der Waals surface area contributed by atoms with Crippen LogP contribution in [0.4, 0.5) is 0 Å². The first-order chi connectivity index (χ1) is 24.7. The molecule has 52 heavy (non-hydrogen) atoms. The number of aliphatic hydroxyl groups excluding tert-OH is 7. The largest absolute Gasteiger partial charge is 0.394 e. The number of hydrogen-bond donors (Lipinski definition) is 7. The van der Waals surface area contributed by atoms with E-state index in [4.69, 9.17) is 28.4 Å². The summed E-state index contributed by atoms with van der Waals surface area (Å²) in [6.45, 7) is 9.20. The highest BCUT2D eigenvalue weighted by Crippen LogP contribution is 2.70. The van der Waals surface area contributed by atoms with Crippen molar-refractivity contribution in [2.24, 2.45) is 46.3 Å². The molecule has 13 heteroatoms. The first-order valence-corrected chi connectivity index (χ1v) is 20.0. The van der Waals surface area contributed by atoms with E-state index in [-0.39, 0.29) is 23.0 Å². The second kappa shape index (κ2) is 14.0. The fraction of sp³-hybridized carbons (Fsp3) is 0.949. The summed E-state index contributed by atoms with van der Waals surface area (Å²) in [7, 11) is 0. The van der Waals surface area contributed by atoms with Gasteiger partial charge in [0.05, 0.1) is 32.0 Å². The normalized spacial score (nSPS) is 57.5. The van der Waals surface area contributed by atoms with Crippen molar-refractivity contribution in [3.05, 3.63) is 11.6 Å². The zero-order valence-corrected chi connectivity index (χ0v) is 31.0. The monoisotopic (exact) mass is 738 g/mol. The van der Waals surface area contributed by atoms with Crippen LogP contribution in [0.2, 0.25) is 0 Å². The number of allylic oxidation sites excluding steroid dienone is 1. The van der Waals surface area contributed by atoms with Gasteiger partial charge in [-0.3, -0.25) is 0 Å². The van der Waals surface area contributed by atoms with E-state index >= 15 is 0 Å². The smallest absolute Gasteiger partial charge is 0.187 e. The molecule has 3 saturated carbocycles. The third-order valence-electron chi connectivity index (χ3n) is 15.6. The molecule has 8 rings (SSSR count). The van der Waals surface area contributed by atoms with Crippen LogP contribution in [0.15, 0.2) is 11.6 Å². The lowest BCUT2D eigenvalue weighted by molar-refractivity contribution is -0.363. The maximum atomic E-state index is 11.1. The summed E-state index contributed by atoms with van der Waals surface area (Å²) in [5.41, 5.74) is 1.70. The van der Waals surface area contributed by atoms with Crippen molar-refractivity contribution >= 4 is 0 Å². The number of hydrogen-bond acceptors (Lipinski definition) is 13. The van der Waals surface area contributed by atoms with E-state index in [0.29, 0.717) is 41.9 Å². The van der Waals surface area contributed by atoms with Crippen LogP contribution in [0.5, 0.6) is 0 Å². The molecule has 4 heterocycles. The Morgan fingerprint density at radius 2 is 1.50 bits per heavy atom. The van der Waals surface area contributed by atoms with Crippen LogP contribution in [0.3, 0.4) is 0 Å². The lowest BCUT2D eigenvalue weighted by atomic mass is 9.47. The van der Waals surface area contributed by atoms with Crippen molar-refractivity contribution in [1.29, 1.82) is 0 Å². The molecule has 0 aromatic heterocycles. The maximum Gasteiger partial charge on any atom is 0.187 e. The zero-order valence-electron chi connectivity index (χ0n) is 31.0. The van der Waals surface area contributed by atoms with Crippen molar-refractivity contribution in [3.8, 4) is 0 Å². The van der Waals surface area contributed by atoms with Crippen LogP contribution in [0.25, 0.3) is 0 Å². The van der Waals surface area contributed by atoms with Gasteiger partial charge in [-0.15, -0.1) is 0 Å². The highest BCUT2D eigenvalue weighted by molar-refractivity contribution is 5.26. The molecule has 4 saturated heterocycles. The van der Waals surface area contributed by atoms with Gasteiger partial charge in [0.1, 0.15) is 48.8 Å². The van der Waals surface area contributed by atoms with E-state index in [1.165, 1.54) is 24.8 Å². The van der Waals surface area contributed by atoms with Crippen molar-refractivity contribution in [2.45, 2.75) is 165 Å². The molecule has 7 fully saturated rings. The predicted molar refractivity (Wildman–Crippen MR) is 183 cm³/mol. The van der Waals surface area contributed by atoms with E-state index in [0.717, 1.165) is 38.7 Å². The minimum atomic E-state index is -1.72. The second-order valence-corrected chi connectivity index (χ2v) is 18.3. The third kappa shape index (κ3) is 5.90. The molecule has 21 atom stereocenters. The molecule has 0 bridgehead atoms. The van der Waals surface area contributed by atoms with E-state index in [9.17, 15) is 35.7 Å². The summed E-state index contributed by atoms with van der Waals surface area (Å²) in [5, 5.41) is 72.7. The lowest BCUT2D eigenvalue weighted by Crippen LogP contribution is -2.65. The van der Waals surface area contributed by atoms with Crippen LogP contribution in [0.1, 0.15) is 85.5 Å². The molecule has 13 nitrogen and oxygen atoms in total. The summed E-state index contributed by atoms with van der Waals surface area (Å²) in [6, 6.07) is 0. The van der Waals surface area contributed by atoms with Crippen LogP contribution in [-0.2, 0) is 28.4 Å². The minimum absolute atomic E-state index is 0.0572. The molecule has 296 valence electrons. The number of rotatable bonds is 6. The molecule has 0 aromatic carbocycles. The van der Waals surface area contributed by atoms with Gasteiger partial charge in [-0.25, -0.2) is 0 Å². The SMILES string of the molecule is C[C@H]1CC[C@@]2(OC1)O[C@H]1C[C@@H]3[C@@H]4CC=C5C[C@@H](O[C@@H]6O[C@H](CO)[C@@H](O[C@@H]7O[C@H](CO)[C@@H](O)[C@H](O)[C@H]7O)[C@H](O)[C@H]6O)CC[C@]5(C)[C@H]4CC[C@]3(C)[C@H]1[C@@H]2C. The van der Waals surface area contributed by atoms with Crippen molar-refractivity contribution in [3.63, 3.8) is 0 Å². The van der Waals surface area contributed by atoms with Gasteiger partial charge in [-0.05, 0) is 91.8 Å². The van der Waals surface area contributed by atoms with Gasteiger partial charge in [-0.1, -0.05) is 39.3 Å². The minimum Gasteiger partial charge on any atom is -0.394 e. The Bertz CT molecular complexity index is 1320. The van der Waals surface area contributed by atoms with Crippen molar-refractivity contribution in [2.75, 3.05) is 19.8 Å². The van der Waals surface area contributed by atoms with Crippen LogP contribution in [0, 0.1) is 46.3 Å². The topological polar surface area (TPSA) is 197 Å². The Kier molecular flexibility index (Phi) is 10.3. The lowest BCUT2D eigenvalue weighted by Gasteiger charge is -2.58. The average molecular weight is 739 g/mol.